The lowest BCUT2D eigenvalue weighted by atomic mass is 9.92. The number of amides is 1. The zero-order valence-electron chi connectivity index (χ0n) is 14.0. The van der Waals surface area contributed by atoms with Gasteiger partial charge in [0, 0.05) is 37.2 Å². The van der Waals surface area contributed by atoms with Crippen LogP contribution in [0.25, 0.3) is 5.69 Å². The minimum Gasteiger partial charge on any atom is -0.396 e. The van der Waals surface area contributed by atoms with E-state index >= 15 is 0 Å². The van der Waals surface area contributed by atoms with Gasteiger partial charge in [-0.05, 0) is 36.2 Å². The molecule has 0 spiro atoms. The summed E-state index contributed by atoms with van der Waals surface area (Å²) in [6, 6.07) is 13.8. The molecule has 26 heavy (non-hydrogen) atoms. The van der Waals surface area contributed by atoms with E-state index in [1.807, 2.05) is 24.3 Å². The Balaban J connectivity index is 1.82. The van der Waals surface area contributed by atoms with E-state index < -0.39 is 11.7 Å². The number of hydrogen-bond acceptors (Lipinski definition) is 3. The normalized spacial score (nSPS) is 16.4. The number of carbonyl (C=O) groups is 1. The first kappa shape index (κ1) is 16.5. The van der Waals surface area contributed by atoms with Crippen molar-refractivity contribution in [2.24, 2.45) is 5.92 Å². The largest absolute Gasteiger partial charge is 0.396 e. The van der Waals surface area contributed by atoms with E-state index in [0.29, 0.717) is 18.7 Å². The molecule has 1 aliphatic heterocycles. The van der Waals surface area contributed by atoms with Crippen LogP contribution < -0.4 is 4.90 Å². The second-order valence-corrected chi connectivity index (χ2v) is 6.38. The molecule has 0 saturated carbocycles. The Morgan fingerprint density at radius 3 is 2.73 bits per heavy atom. The molecule has 0 bridgehead atoms. The van der Waals surface area contributed by atoms with Gasteiger partial charge in [-0.1, -0.05) is 24.3 Å². The molecule has 1 N–H and O–H groups in total. The van der Waals surface area contributed by atoms with E-state index in [9.17, 15) is 14.3 Å². The summed E-state index contributed by atoms with van der Waals surface area (Å²) >= 11 is 0. The van der Waals surface area contributed by atoms with Crippen LogP contribution in [0, 0.1) is 11.7 Å². The molecule has 0 aliphatic carbocycles. The lowest BCUT2D eigenvalue weighted by Crippen LogP contribution is -2.41. The highest BCUT2D eigenvalue weighted by Crippen LogP contribution is 2.32. The van der Waals surface area contributed by atoms with Gasteiger partial charge in [-0.3, -0.25) is 4.79 Å². The van der Waals surface area contributed by atoms with Gasteiger partial charge in [0.2, 0.25) is 0 Å². The van der Waals surface area contributed by atoms with E-state index in [-0.39, 0.29) is 18.1 Å². The van der Waals surface area contributed by atoms with Crippen molar-refractivity contribution in [3.63, 3.8) is 0 Å². The van der Waals surface area contributed by atoms with Gasteiger partial charge < -0.3 is 10.0 Å². The van der Waals surface area contributed by atoms with Crippen molar-refractivity contribution >= 4 is 11.6 Å². The molecule has 0 fully saturated rings. The third-order valence-electron chi connectivity index (χ3n) is 4.69. The van der Waals surface area contributed by atoms with Crippen LogP contribution in [-0.4, -0.2) is 33.9 Å². The number of aliphatic hydroxyl groups excluding tert-OH is 1. The van der Waals surface area contributed by atoms with E-state index in [0.717, 1.165) is 11.3 Å². The summed E-state index contributed by atoms with van der Waals surface area (Å²) in [6.07, 6.45) is 3.95. The fourth-order valence-corrected chi connectivity index (χ4v) is 3.46. The molecule has 1 aromatic heterocycles. The molecule has 3 aromatic rings. The fourth-order valence-electron chi connectivity index (χ4n) is 3.46. The van der Waals surface area contributed by atoms with Crippen LogP contribution >= 0.6 is 0 Å². The number of benzene rings is 2. The second-order valence-electron chi connectivity index (χ2n) is 6.38. The molecule has 0 saturated heterocycles. The van der Waals surface area contributed by atoms with Crippen LogP contribution in [0.5, 0.6) is 0 Å². The minimum absolute atomic E-state index is 0.0235. The molecular formula is C20H18FN3O2. The van der Waals surface area contributed by atoms with Crippen molar-refractivity contribution in [3.8, 4) is 5.69 Å². The first-order valence-corrected chi connectivity index (χ1v) is 8.48. The molecule has 1 amide bonds. The number of anilines is 1. The number of halogens is 1. The molecule has 5 nitrogen and oxygen atoms in total. The Morgan fingerprint density at radius 2 is 1.96 bits per heavy atom. The van der Waals surface area contributed by atoms with Crippen molar-refractivity contribution < 1.29 is 14.3 Å². The van der Waals surface area contributed by atoms with Gasteiger partial charge in [0.25, 0.3) is 5.91 Å². The van der Waals surface area contributed by atoms with Crippen LogP contribution in [0.15, 0.2) is 60.9 Å². The third kappa shape index (κ3) is 2.78. The van der Waals surface area contributed by atoms with Crippen LogP contribution in [0.4, 0.5) is 10.1 Å². The average Bonchev–Trinajstić information content (AvgIpc) is 3.21. The van der Waals surface area contributed by atoms with Crippen molar-refractivity contribution in [3.05, 3.63) is 77.9 Å². The third-order valence-corrected chi connectivity index (χ3v) is 4.69. The minimum atomic E-state index is -0.591. The zero-order chi connectivity index (χ0) is 18.1. The topological polar surface area (TPSA) is 58.4 Å². The number of rotatable bonds is 3. The number of hydrogen-bond donors (Lipinski definition) is 1. The highest BCUT2D eigenvalue weighted by molar-refractivity contribution is 6.09. The van der Waals surface area contributed by atoms with Gasteiger partial charge >= 0.3 is 0 Å². The monoisotopic (exact) mass is 351 g/mol. The van der Waals surface area contributed by atoms with Gasteiger partial charge in [0.1, 0.15) is 11.4 Å². The number of para-hydroxylation sites is 1. The molecule has 2 heterocycles. The van der Waals surface area contributed by atoms with Crippen molar-refractivity contribution in [2.75, 3.05) is 18.1 Å². The van der Waals surface area contributed by atoms with Gasteiger partial charge in [0.05, 0.1) is 5.69 Å². The summed E-state index contributed by atoms with van der Waals surface area (Å²) in [5, 5.41) is 13.8. The summed E-state index contributed by atoms with van der Waals surface area (Å²) < 4.78 is 16.1. The Kier molecular flexibility index (Phi) is 4.26. The van der Waals surface area contributed by atoms with Crippen LogP contribution in [0.1, 0.15) is 15.9 Å². The van der Waals surface area contributed by atoms with Crippen molar-refractivity contribution in [1.29, 1.82) is 0 Å². The van der Waals surface area contributed by atoms with Gasteiger partial charge in [-0.2, -0.15) is 5.10 Å². The molecule has 1 aliphatic rings. The highest BCUT2D eigenvalue weighted by atomic mass is 19.1. The first-order valence-electron chi connectivity index (χ1n) is 8.48. The average molecular weight is 351 g/mol. The van der Waals surface area contributed by atoms with Gasteiger partial charge in [-0.15, -0.1) is 0 Å². The van der Waals surface area contributed by atoms with Crippen LogP contribution in [-0.2, 0) is 6.42 Å². The zero-order valence-corrected chi connectivity index (χ0v) is 14.0. The highest BCUT2D eigenvalue weighted by Gasteiger charge is 2.31. The first-order chi connectivity index (χ1) is 12.7. The van der Waals surface area contributed by atoms with Crippen LogP contribution in [0.2, 0.25) is 0 Å². The quantitative estimate of drug-likeness (QED) is 0.789. The smallest absolute Gasteiger partial charge is 0.263 e. The second kappa shape index (κ2) is 6.72. The maximum atomic E-state index is 14.7. The molecule has 4 rings (SSSR count). The molecule has 0 radical (unpaired) electrons. The van der Waals surface area contributed by atoms with Gasteiger partial charge in [0.15, 0.2) is 0 Å². The van der Waals surface area contributed by atoms with E-state index in [1.165, 1.54) is 10.7 Å². The lowest BCUT2D eigenvalue weighted by Gasteiger charge is -2.34. The standard InChI is InChI=1S/C20H18FN3O2/c21-16-6-3-8-18(24-10-4-9-22-24)19(16)20(26)23-12-14(13-25)11-15-5-1-2-7-17(15)23/h1-10,14,25H,11-13H2. The fraction of sp³-hybridized carbons (Fsp3) is 0.200. The molecular weight excluding hydrogens is 333 g/mol. The molecule has 1 atom stereocenters. The maximum absolute atomic E-state index is 14.7. The Labute approximate surface area is 150 Å². The van der Waals surface area contributed by atoms with Crippen LogP contribution in [0.3, 0.4) is 0 Å². The van der Waals surface area contributed by atoms with E-state index in [1.54, 1.807) is 35.5 Å². The maximum Gasteiger partial charge on any atom is 0.263 e. The van der Waals surface area contributed by atoms with Gasteiger partial charge in [-0.25, -0.2) is 9.07 Å². The summed E-state index contributed by atoms with van der Waals surface area (Å²) in [6.45, 7) is 0.320. The number of fused-ring (bicyclic) bond motifs is 1. The Hall–Kier alpha value is -2.99. The molecule has 1 unspecified atom stereocenters. The number of aromatic nitrogens is 2. The molecule has 2 aromatic carbocycles. The van der Waals surface area contributed by atoms with Crippen molar-refractivity contribution in [2.45, 2.75) is 6.42 Å². The van der Waals surface area contributed by atoms with E-state index in [4.69, 9.17) is 0 Å². The lowest BCUT2D eigenvalue weighted by molar-refractivity contribution is 0.0970. The molecule has 132 valence electrons. The van der Waals surface area contributed by atoms with Crippen molar-refractivity contribution in [1.82, 2.24) is 9.78 Å². The summed E-state index contributed by atoms with van der Waals surface area (Å²) in [5.41, 5.74) is 2.10. The summed E-state index contributed by atoms with van der Waals surface area (Å²) in [4.78, 5) is 14.9. The molecule has 6 heteroatoms. The summed E-state index contributed by atoms with van der Waals surface area (Å²) in [7, 11) is 0. The number of carbonyl (C=O) groups excluding carboxylic acids is 1. The summed E-state index contributed by atoms with van der Waals surface area (Å²) in [5.74, 6) is -1.10. The predicted octanol–water partition coefficient (Wildman–Crippen LogP) is 2.82. The Morgan fingerprint density at radius 1 is 1.15 bits per heavy atom. The number of aliphatic hydroxyl groups is 1. The predicted molar refractivity (Wildman–Crippen MR) is 95.9 cm³/mol. The van der Waals surface area contributed by atoms with E-state index in [2.05, 4.69) is 5.10 Å². The Bertz CT molecular complexity index is 940. The SMILES string of the molecule is O=C(c1c(F)cccc1-n1cccn1)N1CC(CO)Cc2ccccc21. The number of nitrogens with zero attached hydrogens (tertiary/aromatic N) is 3.